The summed E-state index contributed by atoms with van der Waals surface area (Å²) in [7, 11) is -7.11. The maximum Gasteiger partial charge on any atom is 0.266 e. The van der Waals surface area contributed by atoms with E-state index in [0.29, 0.717) is 0 Å². The molecular weight excluding hydrogens is 368 g/mol. The molecule has 25 heavy (non-hydrogen) atoms. The molecular formula is C15H14N2O6S2. The molecule has 0 spiro atoms. The third kappa shape index (κ3) is 3.26. The number of benzene rings is 2. The molecule has 2 amide bonds. The number of hydrogen-bond donors (Lipinski definition) is 2. The minimum Gasteiger partial charge on any atom is -0.268 e. The SMILES string of the molecule is C.O=C1NS(=O)(=O)c2ccccc21.O=C1NS(=O)(=O)c2ccccc21. The minimum absolute atomic E-state index is 0. The van der Waals surface area contributed by atoms with Crippen LogP contribution in [0.15, 0.2) is 58.3 Å². The number of nitrogens with one attached hydrogen (secondary N) is 2. The fourth-order valence-corrected chi connectivity index (χ4v) is 4.59. The van der Waals surface area contributed by atoms with Gasteiger partial charge in [-0.1, -0.05) is 31.7 Å². The van der Waals surface area contributed by atoms with Gasteiger partial charge in [0.2, 0.25) is 0 Å². The second kappa shape index (κ2) is 6.30. The van der Waals surface area contributed by atoms with Crippen molar-refractivity contribution in [1.82, 2.24) is 9.44 Å². The molecule has 0 bridgehead atoms. The van der Waals surface area contributed by atoms with Gasteiger partial charge in [0.05, 0.1) is 11.1 Å². The molecule has 8 nitrogen and oxygen atoms in total. The third-order valence-electron chi connectivity index (χ3n) is 3.30. The van der Waals surface area contributed by atoms with Crippen LogP contribution in [-0.4, -0.2) is 28.6 Å². The van der Waals surface area contributed by atoms with E-state index in [1.165, 1.54) is 24.3 Å². The molecule has 0 saturated heterocycles. The van der Waals surface area contributed by atoms with Crippen LogP contribution in [-0.2, 0) is 20.0 Å². The van der Waals surface area contributed by atoms with Crippen molar-refractivity contribution in [2.24, 2.45) is 0 Å². The zero-order valence-electron chi connectivity index (χ0n) is 11.9. The third-order valence-corrected chi connectivity index (χ3v) is 6.07. The van der Waals surface area contributed by atoms with Gasteiger partial charge in [-0.3, -0.25) is 9.59 Å². The maximum absolute atomic E-state index is 11.1. The van der Waals surface area contributed by atoms with Gasteiger partial charge >= 0.3 is 0 Å². The van der Waals surface area contributed by atoms with E-state index in [2.05, 4.69) is 0 Å². The first kappa shape index (κ1) is 18.6. The van der Waals surface area contributed by atoms with E-state index < -0.39 is 31.9 Å². The van der Waals surface area contributed by atoms with Crippen molar-refractivity contribution in [2.45, 2.75) is 17.2 Å². The molecule has 2 aromatic carbocycles. The molecule has 0 fully saturated rings. The number of amides is 2. The van der Waals surface area contributed by atoms with Crippen LogP contribution in [0.5, 0.6) is 0 Å². The van der Waals surface area contributed by atoms with Crippen LogP contribution in [0.4, 0.5) is 0 Å². The molecule has 2 heterocycles. The summed E-state index contributed by atoms with van der Waals surface area (Å²) in [5.74, 6) is -1.10. The van der Waals surface area contributed by atoms with Crippen LogP contribution in [0.25, 0.3) is 0 Å². The highest BCUT2D eigenvalue weighted by Gasteiger charge is 2.32. The molecule has 0 saturated carbocycles. The van der Waals surface area contributed by atoms with Gasteiger partial charge in [0.15, 0.2) is 0 Å². The number of rotatable bonds is 0. The lowest BCUT2D eigenvalue weighted by molar-refractivity contribution is 0.0976. The summed E-state index contributed by atoms with van der Waals surface area (Å²) < 4.78 is 48.3. The molecule has 0 atom stereocenters. The highest BCUT2D eigenvalue weighted by Crippen LogP contribution is 2.21. The second-order valence-electron chi connectivity index (χ2n) is 4.86. The van der Waals surface area contributed by atoms with E-state index in [1.807, 2.05) is 9.44 Å². The molecule has 2 aromatic rings. The first-order valence-electron chi connectivity index (χ1n) is 6.55. The highest BCUT2D eigenvalue weighted by molar-refractivity contribution is 7.91. The van der Waals surface area contributed by atoms with E-state index in [-0.39, 0.29) is 28.3 Å². The summed E-state index contributed by atoms with van der Waals surface area (Å²) in [5.41, 5.74) is 0.440. The summed E-state index contributed by atoms with van der Waals surface area (Å²) in [5, 5.41) is 0. The predicted octanol–water partition coefficient (Wildman–Crippen LogP) is 0.873. The van der Waals surface area contributed by atoms with E-state index in [1.54, 1.807) is 24.3 Å². The number of fused-ring (bicyclic) bond motifs is 2. The zero-order valence-corrected chi connectivity index (χ0v) is 13.5. The topological polar surface area (TPSA) is 126 Å². The van der Waals surface area contributed by atoms with Crippen molar-refractivity contribution >= 4 is 31.9 Å². The van der Waals surface area contributed by atoms with Crippen LogP contribution in [0.1, 0.15) is 28.1 Å². The Bertz CT molecular complexity index is 987. The normalized spacial score (nSPS) is 17.8. The van der Waals surface area contributed by atoms with Crippen molar-refractivity contribution < 1.29 is 26.4 Å². The van der Waals surface area contributed by atoms with Crippen LogP contribution in [0, 0.1) is 0 Å². The quantitative estimate of drug-likeness (QED) is 0.696. The Balaban J connectivity index is 0.000000173. The standard InChI is InChI=1S/2C7H5NO3S.CH4/c2*9-7-5-3-1-2-4-6(5)12(10,11)8-7;/h2*1-4H,(H,8,9);1H4. The highest BCUT2D eigenvalue weighted by atomic mass is 32.2. The van der Waals surface area contributed by atoms with Gasteiger partial charge in [-0.05, 0) is 24.3 Å². The van der Waals surface area contributed by atoms with Crippen LogP contribution in [0.3, 0.4) is 0 Å². The Hall–Kier alpha value is -2.72. The van der Waals surface area contributed by atoms with E-state index in [9.17, 15) is 26.4 Å². The first-order valence-corrected chi connectivity index (χ1v) is 9.51. The van der Waals surface area contributed by atoms with Gasteiger partial charge in [0, 0.05) is 0 Å². The first-order chi connectivity index (χ1) is 11.2. The van der Waals surface area contributed by atoms with E-state index >= 15 is 0 Å². The van der Waals surface area contributed by atoms with Gasteiger partial charge in [-0.15, -0.1) is 0 Å². The van der Waals surface area contributed by atoms with Crippen LogP contribution in [0.2, 0.25) is 0 Å². The summed E-state index contributed by atoms with van der Waals surface area (Å²) in [6.07, 6.45) is 0. The maximum atomic E-state index is 11.1. The predicted molar refractivity (Wildman–Crippen MR) is 88.9 cm³/mol. The lowest BCUT2D eigenvalue weighted by atomic mass is 10.2. The monoisotopic (exact) mass is 382 g/mol. The van der Waals surface area contributed by atoms with Gasteiger partial charge in [-0.25, -0.2) is 26.3 Å². The summed E-state index contributed by atoms with van der Waals surface area (Å²) in [4.78, 5) is 22.1. The Morgan fingerprint density at radius 1 is 0.600 bits per heavy atom. The molecule has 0 aromatic heterocycles. The molecule has 2 aliphatic heterocycles. The van der Waals surface area contributed by atoms with Crippen LogP contribution < -0.4 is 9.44 Å². The Morgan fingerprint density at radius 3 is 1.24 bits per heavy atom. The average molecular weight is 382 g/mol. The van der Waals surface area contributed by atoms with Gasteiger partial charge < -0.3 is 0 Å². The molecule has 10 heteroatoms. The fraction of sp³-hybridized carbons (Fsp3) is 0.0667. The van der Waals surface area contributed by atoms with Crippen molar-refractivity contribution in [1.29, 1.82) is 0 Å². The van der Waals surface area contributed by atoms with Crippen molar-refractivity contribution in [3.8, 4) is 0 Å². The summed E-state index contributed by atoms with van der Waals surface area (Å²) in [6, 6.07) is 12.2. The molecule has 0 radical (unpaired) electrons. The largest absolute Gasteiger partial charge is 0.268 e. The van der Waals surface area contributed by atoms with Gasteiger partial charge in [0.25, 0.3) is 31.9 Å². The second-order valence-corrected chi connectivity index (χ2v) is 8.16. The van der Waals surface area contributed by atoms with Crippen molar-refractivity contribution in [3.63, 3.8) is 0 Å². The number of carbonyl (C=O) groups excluding carboxylic acids is 2. The van der Waals surface area contributed by atoms with Crippen molar-refractivity contribution in [2.75, 3.05) is 0 Å². The van der Waals surface area contributed by atoms with E-state index in [0.717, 1.165) is 0 Å². The number of hydrogen-bond acceptors (Lipinski definition) is 6. The molecule has 2 N–H and O–H groups in total. The average Bonchev–Trinajstić information content (AvgIpc) is 2.91. The lowest BCUT2D eigenvalue weighted by Crippen LogP contribution is -2.20. The fourth-order valence-electron chi connectivity index (χ4n) is 2.24. The molecule has 4 rings (SSSR count). The Kier molecular flexibility index (Phi) is 4.69. The van der Waals surface area contributed by atoms with Gasteiger partial charge in [0.1, 0.15) is 9.79 Å². The molecule has 0 unspecified atom stereocenters. The summed E-state index contributed by atoms with van der Waals surface area (Å²) >= 11 is 0. The zero-order chi connectivity index (χ0) is 17.5. The lowest BCUT2D eigenvalue weighted by Gasteiger charge is -1.91. The van der Waals surface area contributed by atoms with Crippen molar-refractivity contribution in [3.05, 3.63) is 59.7 Å². The number of carbonyl (C=O) groups is 2. The van der Waals surface area contributed by atoms with Gasteiger partial charge in [-0.2, -0.15) is 0 Å². The summed E-state index contributed by atoms with van der Waals surface area (Å²) in [6.45, 7) is 0. The smallest absolute Gasteiger partial charge is 0.266 e. The minimum atomic E-state index is -3.55. The molecule has 132 valence electrons. The molecule has 2 aliphatic rings. The number of sulfonamides is 2. The Labute approximate surface area is 145 Å². The van der Waals surface area contributed by atoms with Crippen LogP contribution >= 0.6 is 0 Å². The Morgan fingerprint density at radius 2 is 0.920 bits per heavy atom. The molecule has 0 aliphatic carbocycles. The van der Waals surface area contributed by atoms with E-state index in [4.69, 9.17) is 0 Å².